The summed E-state index contributed by atoms with van der Waals surface area (Å²) in [5.74, 6) is -1.07. The van der Waals surface area contributed by atoms with Crippen LogP contribution in [0.1, 0.15) is 13.3 Å². The van der Waals surface area contributed by atoms with E-state index in [2.05, 4.69) is 6.58 Å². The normalized spacial score (nSPS) is 12.9. The molecule has 0 heterocycles. The van der Waals surface area contributed by atoms with Gasteiger partial charge in [0.15, 0.2) is 8.46 Å². The maximum absolute atomic E-state index is 10.3. The Kier molecular flexibility index (Phi) is 3.89. The molecular formula is C6H9O3P. The molecule has 1 N–H and O–H groups in total. The third-order valence-electron chi connectivity index (χ3n) is 1.19. The Hall–Kier alpha value is -0.690. The molecule has 0 aromatic heterocycles. The number of carbonyl (C=O) groups is 1. The molecule has 10 heavy (non-hydrogen) atoms. The molecule has 0 aromatic rings. The van der Waals surface area contributed by atoms with E-state index in [1.54, 1.807) is 6.92 Å². The fraction of sp³-hybridized carbons (Fsp3) is 0.500. The van der Waals surface area contributed by atoms with Gasteiger partial charge in [0.25, 0.3) is 0 Å². The molecule has 4 heteroatoms. The molecule has 0 aromatic carbocycles. The molecule has 3 nitrogen and oxygen atoms in total. The zero-order chi connectivity index (χ0) is 8.15. The van der Waals surface area contributed by atoms with Crippen molar-refractivity contribution in [2.45, 2.75) is 19.0 Å². The summed E-state index contributed by atoms with van der Waals surface area (Å²) in [6.07, 6.45) is 0.538. The Balaban J connectivity index is 4.15. The fourth-order valence-electron chi connectivity index (χ4n) is 0.527. The minimum Gasteiger partial charge on any atom is -0.478 e. The third kappa shape index (κ3) is 2.28. The number of aliphatic carboxylic acids is 1. The number of rotatable bonds is 4. The van der Waals surface area contributed by atoms with Crippen LogP contribution in [0.25, 0.3) is 0 Å². The molecule has 1 unspecified atom stereocenters. The van der Waals surface area contributed by atoms with Gasteiger partial charge in [-0.15, -0.1) is 0 Å². The Bertz CT molecular complexity index is 164. The van der Waals surface area contributed by atoms with Gasteiger partial charge >= 0.3 is 5.97 Å². The van der Waals surface area contributed by atoms with Crippen molar-refractivity contribution in [3.05, 3.63) is 12.2 Å². The Morgan fingerprint density at radius 2 is 2.30 bits per heavy atom. The van der Waals surface area contributed by atoms with E-state index < -0.39 is 11.6 Å². The van der Waals surface area contributed by atoms with E-state index in [9.17, 15) is 9.36 Å². The molecule has 0 amide bonds. The highest BCUT2D eigenvalue weighted by molar-refractivity contribution is 7.25. The molecule has 0 radical (unpaired) electrons. The van der Waals surface area contributed by atoms with E-state index in [0.717, 1.165) is 0 Å². The van der Waals surface area contributed by atoms with E-state index in [-0.39, 0.29) is 14.0 Å². The van der Waals surface area contributed by atoms with E-state index >= 15 is 0 Å². The predicted molar refractivity (Wildman–Crippen MR) is 38.5 cm³/mol. The van der Waals surface area contributed by atoms with Crippen LogP contribution >= 0.6 is 8.46 Å². The van der Waals surface area contributed by atoms with Crippen LogP contribution in [0.15, 0.2) is 12.2 Å². The van der Waals surface area contributed by atoms with Crippen molar-refractivity contribution in [3.8, 4) is 0 Å². The predicted octanol–water partition coefficient (Wildman–Crippen LogP) is 1.70. The van der Waals surface area contributed by atoms with Crippen LogP contribution in [-0.4, -0.2) is 16.7 Å². The average molecular weight is 160 g/mol. The van der Waals surface area contributed by atoms with Gasteiger partial charge in [-0.1, -0.05) is 13.5 Å². The molecule has 1 atom stereocenters. The molecule has 0 aliphatic rings. The largest absolute Gasteiger partial charge is 0.478 e. The first-order chi connectivity index (χ1) is 4.63. The monoisotopic (exact) mass is 160 g/mol. The van der Waals surface area contributed by atoms with E-state index in [4.69, 9.17) is 5.11 Å². The van der Waals surface area contributed by atoms with Crippen molar-refractivity contribution in [2.75, 3.05) is 0 Å². The van der Waals surface area contributed by atoms with Crippen LogP contribution in [0.4, 0.5) is 0 Å². The standard InChI is InChI=1S/C6H9O3P/c1-3-5(10-9)4(2)6(7)8/h5H,2-3H2,1H3,(H,7,8). The van der Waals surface area contributed by atoms with E-state index in [1.165, 1.54) is 0 Å². The molecule has 0 aliphatic heterocycles. The quantitative estimate of drug-likeness (QED) is 0.503. The van der Waals surface area contributed by atoms with Gasteiger partial charge in [0, 0.05) is 5.57 Å². The molecule has 0 rings (SSSR count). The van der Waals surface area contributed by atoms with Crippen molar-refractivity contribution in [1.82, 2.24) is 0 Å². The molecule has 0 spiro atoms. The van der Waals surface area contributed by atoms with Crippen LogP contribution in [-0.2, 0) is 9.36 Å². The minimum atomic E-state index is -1.07. The van der Waals surface area contributed by atoms with Crippen molar-refractivity contribution in [3.63, 3.8) is 0 Å². The lowest BCUT2D eigenvalue weighted by Gasteiger charge is -2.03. The second-order valence-electron chi connectivity index (χ2n) is 1.86. The topological polar surface area (TPSA) is 54.4 Å². The minimum absolute atomic E-state index is 0.0131. The third-order valence-corrected chi connectivity index (χ3v) is 2.12. The Labute approximate surface area is 60.9 Å². The lowest BCUT2D eigenvalue weighted by molar-refractivity contribution is -0.132. The van der Waals surface area contributed by atoms with Gasteiger partial charge in [-0.05, 0) is 6.42 Å². The average Bonchev–Trinajstić information content (AvgIpc) is 1.90. The summed E-state index contributed by atoms with van der Waals surface area (Å²) < 4.78 is 10.3. The molecule has 0 aliphatic carbocycles. The van der Waals surface area contributed by atoms with Crippen LogP contribution in [0, 0.1) is 0 Å². The van der Waals surface area contributed by atoms with Crippen molar-refractivity contribution < 1.29 is 14.5 Å². The first-order valence-electron chi connectivity index (χ1n) is 2.88. The molecule has 0 fully saturated rings. The second kappa shape index (κ2) is 4.18. The molecular weight excluding hydrogens is 151 g/mol. The van der Waals surface area contributed by atoms with Crippen LogP contribution in [0.5, 0.6) is 0 Å². The highest BCUT2D eigenvalue weighted by Crippen LogP contribution is 2.18. The first kappa shape index (κ1) is 9.31. The summed E-state index contributed by atoms with van der Waals surface area (Å²) in [5.41, 5.74) is -0.420. The summed E-state index contributed by atoms with van der Waals surface area (Å²) in [4.78, 5) is 10.2. The zero-order valence-electron chi connectivity index (χ0n) is 5.70. The smallest absolute Gasteiger partial charge is 0.332 e. The van der Waals surface area contributed by atoms with Crippen LogP contribution in [0.3, 0.4) is 0 Å². The fourth-order valence-corrected chi connectivity index (χ4v) is 0.914. The molecule has 56 valence electrons. The highest BCUT2D eigenvalue weighted by Gasteiger charge is 2.15. The number of carboxylic acid groups (broad SMARTS) is 1. The maximum atomic E-state index is 10.3. The first-order valence-corrected chi connectivity index (χ1v) is 3.76. The molecule has 0 saturated heterocycles. The van der Waals surface area contributed by atoms with Crippen LogP contribution in [0.2, 0.25) is 0 Å². The highest BCUT2D eigenvalue weighted by atomic mass is 31.1. The number of hydrogen-bond acceptors (Lipinski definition) is 2. The van der Waals surface area contributed by atoms with Gasteiger partial charge < -0.3 is 5.11 Å². The summed E-state index contributed by atoms with van der Waals surface area (Å²) in [5, 5.41) is 8.37. The van der Waals surface area contributed by atoms with Gasteiger partial charge in [0.1, 0.15) is 0 Å². The van der Waals surface area contributed by atoms with Gasteiger partial charge in [-0.25, -0.2) is 4.79 Å². The molecule has 0 saturated carbocycles. The van der Waals surface area contributed by atoms with Gasteiger partial charge in [0.2, 0.25) is 0 Å². The van der Waals surface area contributed by atoms with E-state index in [0.29, 0.717) is 6.42 Å². The van der Waals surface area contributed by atoms with E-state index in [1.807, 2.05) is 0 Å². The summed E-state index contributed by atoms with van der Waals surface area (Å²) in [7, 11) is -0.166. The van der Waals surface area contributed by atoms with Gasteiger partial charge in [0.05, 0.1) is 5.66 Å². The lowest BCUT2D eigenvalue weighted by atomic mass is 10.2. The zero-order valence-corrected chi connectivity index (χ0v) is 6.60. The second-order valence-corrected chi connectivity index (χ2v) is 2.69. The summed E-state index contributed by atoms with van der Waals surface area (Å²) >= 11 is 0. The number of hydrogen-bond donors (Lipinski definition) is 1. The van der Waals surface area contributed by atoms with Crippen molar-refractivity contribution in [1.29, 1.82) is 0 Å². The Morgan fingerprint density at radius 1 is 1.80 bits per heavy atom. The van der Waals surface area contributed by atoms with Gasteiger partial charge in [-0.2, -0.15) is 0 Å². The summed E-state index contributed by atoms with van der Waals surface area (Å²) in [6.45, 7) is 5.06. The Morgan fingerprint density at radius 3 is 2.40 bits per heavy atom. The number of carboxylic acids is 1. The van der Waals surface area contributed by atoms with Crippen molar-refractivity contribution in [2.24, 2.45) is 0 Å². The lowest BCUT2D eigenvalue weighted by Crippen LogP contribution is -2.10. The molecule has 0 bridgehead atoms. The maximum Gasteiger partial charge on any atom is 0.332 e. The van der Waals surface area contributed by atoms with Gasteiger partial charge in [-0.3, -0.25) is 4.57 Å². The van der Waals surface area contributed by atoms with Crippen LogP contribution < -0.4 is 0 Å². The SMILES string of the molecule is C=C(C(=O)O)C(CC)P=O. The summed E-state index contributed by atoms with van der Waals surface area (Å²) in [6, 6.07) is 0. The van der Waals surface area contributed by atoms with Crippen molar-refractivity contribution >= 4 is 14.4 Å².